The second-order valence-electron chi connectivity index (χ2n) is 7.83. The highest BCUT2D eigenvalue weighted by atomic mass is 32.1. The van der Waals surface area contributed by atoms with Crippen molar-refractivity contribution in [1.29, 1.82) is 0 Å². The molecule has 5 rings (SSSR count). The Kier molecular flexibility index (Phi) is 6.30. The zero-order chi connectivity index (χ0) is 22.8. The van der Waals surface area contributed by atoms with Crippen molar-refractivity contribution in [2.24, 2.45) is 0 Å². The zero-order valence-corrected chi connectivity index (χ0v) is 20.2. The van der Waals surface area contributed by atoms with Gasteiger partial charge in [0.15, 0.2) is 6.61 Å². The first-order valence-electron chi connectivity index (χ1n) is 10.9. The number of anilines is 1. The molecular weight excluding hydrogens is 454 g/mol. The monoisotopic (exact) mass is 479 g/mol. The van der Waals surface area contributed by atoms with Crippen molar-refractivity contribution < 1.29 is 14.3 Å². The number of likely N-dealkylation sites (N-methyl/N-ethyl adjacent to an activating group) is 1. The third-order valence-electron chi connectivity index (χ3n) is 5.77. The van der Waals surface area contributed by atoms with Gasteiger partial charge in [-0.2, -0.15) is 0 Å². The lowest BCUT2D eigenvalue weighted by atomic mass is 10.0. The van der Waals surface area contributed by atoms with Crippen LogP contribution >= 0.6 is 22.7 Å². The van der Waals surface area contributed by atoms with Crippen molar-refractivity contribution in [2.45, 2.75) is 19.9 Å². The number of nitrogens with one attached hydrogen (secondary N) is 1. The number of methoxy groups -OCH3 is 1. The van der Waals surface area contributed by atoms with Gasteiger partial charge in [0.05, 0.1) is 17.3 Å². The van der Waals surface area contributed by atoms with Crippen LogP contribution in [0.25, 0.3) is 20.8 Å². The van der Waals surface area contributed by atoms with Crippen LogP contribution in [0, 0.1) is 0 Å². The van der Waals surface area contributed by atoms with Crippen LogP contribution in [0.1, 0.15) is 17.4 Å². The Morgan fingerprint density at radius 2 is 1.91 bits per heavy atom. The Balaban J connectivity index is 1.41. The molecule has 1 amide bonds. The molecule has 1 aliphatic heterocycles. The molecule has 170 valence electrons. The van der Waals surface area contributed by atoms with Crippen LogP contribution in [0.15, 0.2) is 48.5 Å². The number of rotatable bonds is 7. The molecule has 8 heteroatoms. The summed E-state index contributed by atoms with van der Waals surface area (Å²) in [6.07, 6.45) is 0.961. The van der Waals surface area contributed by atoms with Crippen LogP contribution in [-0.2, 0) is 17.8 Å². The Bertz CT molecular complexity index is 1250. The maximum absolute atomic E-state index is 12.8. The topological polar surface area (TPSA) is 63.7 Å². The van der Waals surface area contributed by atoms with Crippen LogP contribution < -0.4 is 14.8 Å². The zero-order valence-electron chi connectivity index (χ0n) is 18.6. The van der Waals surface area contributed by atoms with E-state index in [9.17, 15) is 4.79 Å². The summed E-state index contributed by atoms with van der Waals surface area (Å²) in [5.41, 5.74) is 3.38. The van der Waals surface area contributed by atoms with Crippen LogP contribution in [0.2, 0.25) is 0 Å². The first kappa shape index (κ1) is 21.9. The quantitative estimate of drug-likeness (QED) is 0.383. The number of carbonyl (C=O) groups is 1. The summed E-state index contributed by atoms with van der Waals surface area (Å²) in [4.78, 5) is 21.5. The minimum atomic E-state index is -0.181. The van der Waals surface area contributed by atoms with E-state index >= 15 is 0 Å². The SMILES string of the molecule is CCN1CCc2c(sc(NC(=O)COc3ccc(OC)cc3)c2-c2nc3ccccc3s2)C1. The van der Waals surface area contributed by atoms with Gasteiger partial charge in [0.1, 0.15) is 21.5 Å². The summed E-state index contributed by atoms with van der Waals surface area (Å²) in [5.74, 6) is 1.19. The second kappa shape index (κ2) is 9.51. The number of nitrogens with zero attached hydrogens (tertiary/aromatic N) is 2. The Morgan fingerprint density at radius 1 is 1.12 bits per heavy atom. The van der Waals surface area contributed by atoms with E-state index < -0.39 is 0 Å². The lowest BCUT2D eigenvalue weighted by Crippen LogP contribution is -2.29. The van der Waals surface area contributed by atoms with E-state index in [0.29, 0.717) is 5.75 Å². The summed E-state index contributed by atoms with van der Waals surface area (Å²) >= 11 is 3.34. The fourth-order valence-electron chi connectivity index (χ4n) is 4.00. The number of amides is 1. The average Bonchev–Trinajstić information content (AvgIpc) is 3.42. The molecule has 0 saturated heterocycles. The molecule has 33 heavy (non-hydrogen) atoms. The van der Waals surface area contributed by atoms with Gasteiger partial charge in [-0.05, 0) is 54.9 Å². The molecule has 0 spiro atoms. The van der Waals surface area contributed by atoms with Crippen LogP contribution in [-0.4, -0.2) is 42.6 Å². The molecule has 4 aromatic rings. The number of ether oxygens (including phenoxy) is 2. The number of hydrogen-bond acceptors (Lipinski definition) is 7. The number of aromatic nitrogens is 1. The average molecular weight is 480 g/mol. The van der Waals surface area contributed by atoms with Crippen molar-refractivity contribution in [3.8, 4) is 22.1 Å². The van der Waals surface area contributed by atoms with E-state index in [1.54, 1.807) is 41.9 Å². The van der Waals surface area contributed by atoms with Gasteiger partial charge in [0, 0.05) is 23.5 Å². The predicted molar refractivity (Wildman–Crippen MR) is 135 cm³/mol. The number of carbonyl (C=O) groups excluding carboxylic acids is 1. The third kappa shape index (κ3) is 4.59. The van der Waals surface area contributed by atoms with Crippen molar-refractivity contribution in [3.05, 3.63) is 59.0 Å². The van der Waals surface area contributed by atoms with Crippen molar-refractivity contribution in [2.75, 3.05) is 32.1 Å². The number of thiazole rings is 1. The van der Waals surface area contributed by atoms with Gasteiger partial charge in [-0.1, -0.05) is 19.1 Å². The minimum absolute atomic E-state index is 0.0603. The molecule has 0 bridgehead atoms. The fraction of sp³-hybridized carbons (Fsp3) is 0.280. The largest absolute Gasteiger partial charge is 0.497 e. The van der Waals surface area contributed by atoms with Crippen LogP contribution in [0.4, 0.5) is 5.00 Å². The molecule has 0 radical (unpaired) electrons. The molecule has 1 N–H and O–H groups in total. The molecular formula is C25H25N3O3S2. The fourth-order valence-corrected chi connectivity index (χ4v) is 6.42. The van der Waals surface area contributed by atoms with E-state index in [1.165, 1.54) is 10.4 Å². The summed E-state index contributed by atoms with van der Waals surface area (Å²) < 4.78 is 12.0. The highest BCUT2D eigenvalue weighted by Crippen LogP contribution is 2.45. The number of fused-ring (bicyclic) bond motifs is 2. The molecule has 3 heterocycles. The molecule has 1 aliphatic rings. The summed E-state index contributed by atoms with van der Waals surface area (Å²) in [5, 5.41) is 4.94. The van der Waals surface area contributed by atoms with E-state index in [4.69, 9.17) is 14.5 Å². The number of hydrogen-bond donors (Lipinski definition) is 1. The molecule has 6 nitrogen and oxygen atoms in total. The predicted octanol–water partition coefficient (Wildman–Crippen LogP) is 5.43. The highest BCUT2D eigenvalue weighted by Gasteiger charge is 2.27. The third-order valence-corrected chi connectivity index (χ3v) is 7.96. The number of para-hydroxylation sites is 1. The maximum Gasteiger partial charge on any atom is 0.262 e. The summed E-state index contributed by atoms with van der Waals surface area (Å²) in [6, 6.07) is 15.4. The standard InChI is InChI=1S/C25H25N3O3S2/c1-3-28-13-12-18-21(14-28)33-25(23(18)24-26-19-6-4-5-7-20(19)32-24)27-22(29)15-31-17-10-8-16(30-2)9-11-17/h4-11H,3,12-15H2,1-2H3,(H,27,29). The molecule has 0 aliphatic carbocycles. The van der Waals surface area contributed by atoms with E-state index in [2.05, 4.69) is 23.2 Å². The molecule has 0 atom stereocenters. The first-order chi connectivity index (χ1) is 16.1. The van der Waals surface area contributed by atoms with Gasteiger partial charge in [-0.15, -0.1) is 22.7 Å². The van der Waals surface area contributed by atoms with Gasteiger partial charge in [-0.25, -0.2) is 4.98 Å². The van der Waals surface area contributed by atoms with E-state index in [1.807, 2.05) is 30.3 Å². The molecule has 0 unspecified atom stereocenters. The summed E-state index contributed by atoms with van der Waals surface area (Å²) in [6.45, 7) is 5.07. The smallest absolute Gasteiger partial charge is 0.262 e. The van der Waals surface area contributed by atoms with E-state index in [-0.39, 0.29) is 12.5 Å². The van der Waals surface area contributed by atoms with Crippen LogP contribution in [0.3, 0.4) is 0 Å². The lowest BCUT2D eigenvalue weighted by Gasteiger charge is -2.25. The molecule has 2 aromatic heterocycles. The van der Waals surface area contributed by atoms with Gasteiger partial charge in [-0.3, -0.25) is 9.69 Å². The molecule has 0 fully saturated rings. The summed E-state index contributed by atoms with van der Waals surface area (Å²) in [7, 11) is 1.62. The number of benzene rings is 2. The Morgan fingerprint density at radius 3 is 2.67 bits per heavy atom. The normalized spacial score (nSPS) is 13.6. The molecule has 2 aromatic carbocycles. The number of thiophene rings is 1. The Hall–Kier alpha value is -2.94. The van der Waals surface area contributed by atoms with Crippen molar-refractivity contribution >= 4 is 43.8 Å². The Labute approximate surface area is 200 Å². The second-order valence-corrected chi connectivity index (χ2v) is 9.96. The van der Waals surface area contributed by atoms with E-state index in [0.717, 1.165) is 57.6 Å². The highest BCUT2D eigenvalue weighted by molar-refractivity contribution is 7.22. The van der Waals surface area contributed by atoms with Crippen molar-refractivity contribution in [3.63, 3.8) is 0 Å². The maximum atomic E-state index is 12.8. The van der Waals surface area contributed by atoms with Gasteiger partial charge < -0.3 is 14.8 Å². The van der Waals surface area contributed by atoms with Gasteiger partial charge >= 0.3 is 0 Å². The minimum Gasteiger partial charge on any atom is -0.497 e. The van der Waals surface area contributed by atoms with Gasteiger partial charge in [0.2, 0.25) is 0 Å². The molecule has 0 saturated carbocycles. The van der Waals surface area contributed by atoms with Crippen molar-refractivity contribution in [1.82, 2.24) is 9.88 Å². The first-order valence-corrected chi connectivity index (χ1v) is 12.6. The van der Waals surface area contributed by atoms with Crippen LogP contribution in [0.5, 0.6) is 11.5 Å². The van der Waals surface area contributed by atoms with Gasteiger partial charge in [0.25, 0.3) is 5.91 Å². The lowest BCUT2D eigenvalue weighted by molar-refractivity contribution is -0.118.